The fourth-order valence-corrected chi connectivity index (χ4v) is 1.68. The molecule has 2 heterocycles. The van der Waals surface area contributed by atoms with E-state index in [0.29, 0.717) is 5.92 Å². The Labute approximate surface area is 84.3 Å². The second kappa shape index (κ2) is 3.98. The summed E-state index contributed by atoms with van der Waals surface area (Å²) in [6, 6.07) is 0. The maximum atomic E-state index is 5.18. The Hall–Kier alpha value is -1.06. The van der Waals surface area contributed by atoms with E-state index < -0.39 is 0 Å². The van der Waals surface area contributed by atoms with Gasteiger partial charge in [0.1, 0.15) is 0 Å². The van der Waals surface area contributed by atoms with Crippen LogP contribution in [0, 0.1) is 0 Å². The third-order valence-electron chi connectivity index (χ3n) is 2.56. The minimum absolute atomic E-state index is 0.320. The molecule has 0 radical (unpaired) electrons. The maximum absolute atomic E-state index is 5.18. The molecular weight excluding hydrogens is 178 g/mol. The summed E-state index contributed by atoms with van der Waals surface area (Å²) in [7, 11) is 0. The Morgan fingerprint density at radius 1 is 1.21 bits per heavy atom. The molecule has 1 aliphatic heterocycles. The lowest BCUT2D eigenvalue weighted by Gasteiger charge is -2.24. The van der Waals surface area contributed by atoms with Gasteiger partial charge in [0, 0.05) is 19.0 Å². The minimum Gasteiger partial charge on any atom is -0.338 e. The van der Waals surface area contributed by atoms with Crippen molar-refractivity contribution < 1.29 is 4.52 Å². The van der Waals surface area contributed by atoms with E-state index in [-0.39, 0.29) is 0 Å². The van der Waals surface area contributed by atoms with E-state index in [1.54, 1.807) is 0 Å². The van der Waals surface area contributed by atoms with Gasteiger partial charge in [0.05, 0.1) is 0 Å². The highest BCUT2D eigenvalue weighted by molar-refractivity contribution is 5.28. The molecule has 1 aromatic rings. The topological polar surface area (TPSA) is 42.2 Å². The SMILES string of the molecule is CC(C)c1nc(N2CCCCC2)no1. The van der Waals surface area contributed by atoms with Crippen LogP contribution in [0.25, 0.3) is 0 Å². The molecule has 0 amide bonds. The number of nitrogens with zero attached hydrogens (tertiary/aromatic N) is 3. The van der Waals surface area contributed by atoms with Crippen molar-refractivity contribution in [1.82, 2.24) is 10.1 Å². The van der Waals surface area contributed by atoms with Gasteiger partial charge in [-0.1, -0.05) is 13.8 Å². The lowest BCUT2D eigenvalue weighted by Crippen LogP contribution is -2.30. The highest BCUT2D eigenvalue weighted by Crippen LogP contribution is 2.19. The average molecular weight is 195 g/mol. The number of aromatic nitrogens is 2. The first-order chi connectivity index (χ1) is 6.77. The monoisotopic (exact) mass is 195 g/mol. The fourth-order valence-electron chi connectivity index (χ4n) is 1.68. The highest BCUT2D eigenvalue weighted by atomic mass is 16.5. The Balaban J connectivity index is 2.07. The van der Waals surface area contributed by atoms with Crippen LogP contribution in [0.2, 0.25) is 0 Å². The molecule has 0 unspecified atom stereocenters. The number of rotatable bonds is 2. The number of hydrogen-bond donors (Lipinski definition) is 0. The van der Waals surface area contributed by atoms with Crippen molar-refractivity contribution in [3.8, 4) is 0 Å². The highest BCUT2D eigenvalue weighted by Gasteiger charge is 2.17. The number of piperidine rings is 1. The summed E-state index contributed by atoms with van der Waals surface area (Å²) < 4.78 is 5.18. The molecule has 78 valence electrons. The lowest BCUT2D eigenvalue weighted by atomic mass is 10.1. The van der Waals surface area contributed by atoms with E-state index in [9.17, 15) is 0 Å². The van der Waals surface area contributed by atoms with Crippen LogP contribution >= 0.6 is 0 Å². The Bertz CT molecular complexity index is 289. The van der Waals surface area contributed by atoms with Crippen LogP contribution < -0.4 is 4.90 Å². The first-order valence-electron chi connectivity index (χ1n) is 5.36. The molecule has 4 nitrogen and oxygen atoms in total. The van der Waals surface area contributed by atoms with E-state index in [1.807, 2.05) is 0 Å². The summed E-state index contributed by atoms with van der Waals surface area (Å²) in [6.45, 7) is 6.26. The van der Waals surface area contributed by atoms with Gasteiger partial charge in [0.15, 0.2) is 0 Å². The normalized spacial score (nSPS) is 17.8. The summed E-state index contributed by atoms with van der Waals surface area (Å²) in [5.41, 5.74) is 0. The lowest BCUT2D eigenvalue weighted by molar-refractivity contribution is 0.363. The largest absolute Gasteiger partial charge is 0.338 e. The fraction of sp³-hybridized carbons (Fsp3) is 0.800. The Morgan fingerprint density at radius 2 is 1.93 bits per heavy atom. The Kier molecular flexibility index (Phi) is 2.70. The number of hydrogen-bond acceptors (Lipinski definition) is 4. The molecule has 14 heavy (non-hydrogen) atoms. The van der Waals surface area contributed by atoms with Gasteiger partial charge in [-0.25, -0.2) is 0 Å². The maximum Gasteiger partial charge on any atom is 0.266 e. The van der Waals surface area contributed by atoms with Gasteiger partial charge in [-0.3, -0.25) is 0 Å². The zero-order valence-corrected chi connectivity index (χ0v) is 8.86. The van der Waals surface area contributed by atoms with Crippen molar-refractivity contribution in [2.45, 2.75) is 39.0 Å². The summed E-state index contributed by atoms with van der Waals surface area (Å²) in [5, 5.41) is 4.00. The zero-order chi connectivity index (χ0) is 9.97. The molecule has 2 rings (SSSR count). The van der Waals surface area contributed by atoms with Gasteiger partial charge in [0.25, 0.3) is 5.95 Å². The van der Waals surface area contributed by atoms with Crippen LogP contribution in [0.15, 0.2) is 4.52 Å². The number of anilines is 1. The molecule has 0 atom stereocenters. The minimum atomic E-state index is 0.320. The van der Waals surface area contributed by atoms with Crippen LogP contribution in [0.4, 0.5) is 5.95 Å². The van der Waals surface area contributed by atoms with Gasteiger partial charge >= 0.3 is 0 Å². The van der Waals surface area contributed by atoms with E-state index in [2.05, 4.69) is 28.9 Å². The first-order valence-corrected chi connectivity index (χ1v) is 5.36. The van der Waals surface area contributed by atoms with Crippen LogP contribution in [0.5, 0.6) is 0 Å². The van der Waals surface area contributed by atoms with Gasteiger partial charge in [-0.15, -0.1) is 0 Å². The quantitative estimate of drug-likeness (QED) is 0.725. The second-order valence-corrected chi connectivity index (χ2v) is 4.14. The summed E-state index contributed by atoms with van der Waals surface area (Å²) in [4.78, 5) is 6.59. The Morgan fingerprint density at radius 3 is 2.50 bits per heavy atom. The third-order valence-corrected chi connectivity index (χ3v) is 2.56. The molecule has 0 spiro atoms. The van der Waals surface area contributed by atoms with Gasteiger partial charge < -0.3 is 9.42 Å². The molecule has 0 N–H and O–H groups in total. The summed E-state index contributed by atoms with van der Waals surface area (Å²) in [5.74, 6) is 1.83. The molecule has 0 bridgehead atoms. The van der Waals surface area contributed by atoms with E-state index >= 15 is 0 Å². The molecular formula is C10H17N3O. The van der Waals surface area contributed by atoms with Crippen LogP contribution in [0.1, 0.15) is 44.9 Å². The predicted molar refractivity (Wildman–Crippen MR) is 54.5 cm³/mol. The molecule has 1 aromatic heterocycles. The van der Waals surface area contributed by atoms with Crippen molar-refractivity contribution >= 4 is 5.95 Å². The molecule has 1 fully saturated rings. The van der Waals surface area contributed by atoms with E-state index in [0.717, 1.165) is 24.9 Å². The molecule has 0 aromatic carbocycles. The smallest absolute Gasteiger partial charge is 0.266 e. The average Bonchev–Trinajstić information content (AvgIpc) is 2.68. The van der Waals surface area contributed by atoms with Gasteiger partial charge in [0.2, 0.25) is 5.89 Å². The standard InChI is InChI=1S/C10H17N3O/c1-8(2)9-11-10(12-14-9)13-6-4-3-5-7-13/h8H,3-7H2,1-2H3. The zero-order valence-electron chi connectivity index (χ0n) is 8.86. The van der Waals surface area contributed by atoms with Crippen LogP contribution in [0.3, 0.4) is 0 Å². The molecule has 1 aliphatic rings. The molecule has 4 heteroatoms. The van der Waals surface area contributed by atoms with Crippen molar-refractivity contribution in [2.24, 2.45) is 0 Å². The summed E-state index contributed by atoms with van der Waals surface area (Å²) in [6.07, 6.45) is 3.81. The van der Waals surface area contributed by atoms with Crippen molar-refractivity contribution in [3.05, 3.63) is 5.89 Å². The molecule has 0 aliphatic carbocycles. The van der Waals surface area contributed by atoms with Crippen molar-refractivity contribution in [2.75, 3.05) is 18.0 Å². The van der Waals surface area contributed by atoms with E-state index in [1.165, 1.54) is 19.3 Å². The van der Waals surface area contributed by atoms with Gasteiger partial charge in [-0.05, 0) is 24.4 Å². The van der Waals surface area contributed by atoms with Crippen molar-refractivity contribution in [3.63, 3.8) is 0 Å². The van der Waals surface area contributed by atoms with Crippen LogP contribution in [-0.4, -0.2) is 23.2 Å². The first kappa shape index (κ1) is 9.49. The van der Waals surface area contributed by atoms with Crippen molar-refractivity contribution in [1.29, 1.82) is 0 Å². The van der Waals surface area contributed by atoms with Crippen LogP contribution in [-0.2, 0) is 0 Å². The molecule has 0 saturated carbocycles. The third kappa shape index (κ3) is 1.89. The van der Waals surface area contributed by atoms with E-state index in [4.69, 9.17) is 4.52 Å². The second-order valence-electron chi connectivity index (χ2n) is 4.14. The summed E-state index contributed by atoms with van der Waals surface area (Å²) >= 11 is 0. The molecule has 1 saturated heterocycles. The van der Waals surface area contributed by atoms with Gasteiger partial charge in [-0.2, -0.15) is 4.98 Å². The predicted octanol–water partition coefficient (Wildman–Crippen LogP) is 2.18.